The third kappa shape index (κ3) is 6.39. The standard InChI is InChI=1S/C28H41NO3Si/c1-5-31-28(30)22-14-16-29(17-15-22)20-21-6-7-24-19-26(9-8-23(24)18-21)32-25-10-12-27(13-11-25)33(2,3)4/h6-9,18-19,22,25,27H,5,10-17,20H2,1-4H3/t25-,27-. The molecule has 2 aromatic carbocycles. The molecule has 0 aromatic heterocycles. The summed E-state index contributed by atoms with van der Waals surface area (Å²) in [5.41, 5.74) is 2.28. The zero-order valence-electron chi connectivity index (χ0n) is 20.9. The van der Waals surface area contributed by atoms with Crippen molar-refractivity contribution in [3.8, 4) is 5.75 Å². The van der Waals surface area contributed by atoms with Crippen LogP contribution in [-0.2, 0) is 16.1 Å². The van der Waals surface area contributed by atoms with Crippen LogP contribution in [-0.4, -0.2) is 44.7 Å². The molecule has 4 rings (SSSR count). The number of piperidine rings is 1. The maximum absolute atomic E-state index is 12.0. The summed E-state index contributed by atoms with van der Waals surface area (Å²) in [6.07, 6.45) is 7.20. The molecule has 0 unspecified atom stereocenters. The number of hydrogen-bond donors (Lipinski definition) is 0. The SMILES string of the molecule is CCOC(=O)C1CCN(Cc2ccc3cc(O[C@H]4CC[C@H]([Si](C)(C)C)CC4)ccc3c2)CC1. The van der Waals surface area contributed by atoms with Crippen LogP contribution in [0.25, 0.3) is 10.8 Å². The number of rotatable bonds is 7. The van der Waals surface area contributed by atoms with E-state index in [0.29, 0.717) is 12.7 Å². The van der Waals surface area contributed by atoms with Gasteiger partial charge < -0.3 is 9.47 Å². The van der Waals surface area contributed by atoms with Crippen molar-refractivity contribution in [2.45, 2.75) is 83.3 Å². The lowest BCUT2D eigenvalue weighted by atomic mass is 9.96. The van der Waals surface area contributed by atoms with E-state index in [-0.39, 0.29) is 11.9 Å². The molecule has 1 saturated heterocycles. The Hall–Kier alpha value is -1.85. The molecule has 0 radical (unpaired) electrons. The number of benzene rings is 2. The van der Waals surface area contributed by atoms with Crippen LogP contribution in [0.15, 0.2) is 36.4 Å². The monoisotopic (exact) mass is 467 g/mol. The first-order valence-corrected chi connectivity index (χ1v) is 16.5. The first-order chi connectivity index (χ1) is 15.8. The van der Waals surface area contributed by atoms with Gasteiger partial charge in [0.15, 0.2) is 0 Å². The summed E-state index contributed by atoms with van der Waals surface area (Å²) in [5.74, 6) is 1.06. The van der Waals surface area contributed by atoms with Gasteiger partial charge >= 0.3 is 5.97 Å². The fourth-order valence-corrected chi connectivity index (χ4v) is 7.59. The molecular weight excluding hydrogens is 426 g/mol. The Morgan fingerprint density at radius 2 is 1.61 bits per heavy atom. The van der Waals surface area contributed by atoms with E-state index < -0.39 is 8.07 Å². The largest absolute Gasteiger partial charge is 0.490 e. The van der Waals surface area contributed by atoms with E-state index in [9.17, 15) is 4.79 Å². The highest BCUT2D eigenvalue weighted by Crippen LogP contribution is 2.38. The lowest BCUT2D eigenvalue weighted by Gasteiger charge is -2.35. The predicted octanol–water partition coefficient (Wildman–Crippen LogP) is 6.64. The summed E-state index contributed by atoms with van der Waals surface area (Å²) in [4.78, 5) is 14.4. The van der Waals surface area contributed by atoms with Crippen LogP contribution >= 0.6 is 0 Å². The van der Waals surface area contributed by atoms with Gasteiger partial charge in [0.1, 0.15) is 5.75 Å². The molecule has 2 aromatic rings. The summed E-state index contributed by atoms with van der Waals surface area (Å²) in [6.45, 7) is 12.7. The highest BCUT2D eigenvalue weighted by Gasteiger charge is 2.31. The second-order valence-electron chi connectivity index (χ2n) is 11.1. The molecule has 0 bridgehead atoms. The number of hydrogen-bond acceptors (Lipinski definition) is 4. The van der Waals surface area contributed by atoms with Crippen molar-refractivity contribution >= 4 is 24.8 Å². The molecule has 180 valence electrons. The van der Waals surface area contributed by atoms with Crippen molar-refractivity contribution in [3.63, 3.8) is 0 Å². The molecule has 0 atom stereocenters. The zero-order valence-corrected chi connectivity index (χ0v) is 21.9. The van der Waals surface area contributed by atoms with Gasteiger partial charge in [0.25, 0.3) is 0 Å². The number of likely N-dealkylation sites (tertiary alicyclic amines) is 1. The van der Waals surface area contributed by atoms with E-state index in [1.165, 1.54) is 42.0 Å². The quantitative estimate of drug-likeness (QED) is 0.338. The molecule has 0 spiro atoms. The second-order valence-corrected chi connectivity index (χ2v) is 16.7. The average molecular weight is 468 g/mol. The number of nitrogens with zero attached hydrogens (tertiary/aromatic N) is 1. The van der Waals surface area contributed by atoms with Crippen molar-refractivity contribution < 1.29 is 14.3 Å². The molecule has 5 heteroatoms. The van der Waals surface area contributed by atoms with Gasteiger partial charge in [0.2, 0.25) is 0 Å². The minimum absolute atomic E-state index is 0.0232. The highest BCUT2D eigenvalue weighted by molar-refractivity contribution is 6.77. The topological polar surface area (TPSA) is 38.8 Å². The normalized spacial score (nSPS) is 22.9. The van der Waals surface area contributed by atoms with Gasteiger partial charge in [-0.1, -0.05) is 37.8 Å². The van der Waals surface area contributed by atoms with Crippen LogP contribution in [0.3, 0.4) is 0 Å². The number of carbonyl (C=O) groups excluding carboxylic acids is 1. The van der Waals surface area contributed by atoms with Crippen LogP contribution in [0.5, 0.6) is 5.75 Å². The lowest BCUT2D eigenvalue weighted by molar-refractivity contribution is -0.149. The van der Waals surface area contributed by atoms with Crippen molar-refractivity contribution in [1.82, 2.24) is 4.90 Å². The Balaban J connectivity index is 1.31. The summed E-state index contributed by atoms with van der Waals surface area (Å²) in [7, 11) is -1.03. The van der Waals surface area contributed by atoms with Crippen LogP contribution in [0, 0.1) is 5.92 Å². The number of fused-ring (bicyclic) bond motifs is 1. The highest BCUT2D eigenvalue weighted by atomic mass is 28.3. The van der Waals surface area contributed by atoms with Gasteiger partial charge in [0.05, 0.1) is 18.6 Å². The van der Waals surface area contributed by atoms with E-state index in [1.807, 2.05) is 6.92 Å². The summed E-state index contributed by atoms with van der Waals surface area (Å²) in [6, 6.07) is 13.3. The van der Waals surface area contributed by atoms with E-state index >= 15 is 0 Å². The third-order valence-electron chi connectivity index (χ3n) is 7.69. The maximum atomic E-state index is 12.0. The van der Waals surface area contributed by atoms with Gasteiger partial charge in [-0.05, 0) is 98.6 Å². The molecule has 0 N–H and O–H groups in total. The van der Waals surface area contributed by atoms with Gasteiger partial charge in [-0.2, -0.15) is 0 Å². The van der Waals surface area contributed by atoms with Crippen LogP contribution in [0.4, 0.5) is 0 Å². The Kier molecular flexibility index (Phi) is 7.80. The molecule has 2 fully saturated rings. The van der Waals surface area contributed by atoms with E-state index in [0.717, 1.165) is 43.8 Å². The van der Waals surface area contributed by atoms with Crippen molar-refractivity contribution in [2.75, 3.05) is 19.7 Å². The second kappa shape index (κ2) is 10.6. The van der Waals surface area contributed by atoms with Crippen LogP contribution in [0.1, 0.15) is 51.0 Å². The maximum Gasteiger partial charge on any atom is 0.309 e. The Morgan fingerprint density at radius 3 is 2.27 bits per heavy atom. The Labute approximate surface area is 200 Å². The minimum Gasteiger partial charge on any atom is -0.490 e. The van der Waals surface area contributed by atoms with Crippen molar-refractivity contribution in [1.29, 1.82) is 0 Å². The van der Waals surface area contributed by atoms with Gasteiger partial charge in [-0.15, -0.1) is 0 Å². The molecule has 1 aliphatic carbocycles. The zero-order chi connectivity index (χ0) is 23.4. The first-order valence-electron chi connectivity index (χ1n) is 12.9. The first kappa shape index (κ1) is 24.3. The van der Waals surface area contributed by atoms with E-state index in [4.69, 9.17) is 9.47 Å². The summed E-state index contributed by atoms with van der Waals surface area (Å²) < 4.78 is 11.6. The van der Waals surface area contributed by atoms with Crippen molar-refractivity contribution in [2.24, 2.45) is 5.92 Å². The fourth-order valence-electron chi connectivity index (χ4n) is 5.53. The smallest absolute Gasteiger partial charge is 0.309 e. The van der Waals surface area contributed by atoms with Gasteiger partial charge in [-0.25, -0.2) is 0 Å². The molecule has 4 nitrogen and oxygen atoms in total. The third-order valence-corrected chi connectivity index (χ3v) is 10.7. The Morgan fingerprint density at radius 1 is 0.939 bits per heavy atom. The number of carbonyl (C=O) groups is 1. The van der Waals surface area contributed by atoms with Crippen LogP contribution in [0.2, 0.25) is 25.2 Å². The van der Waals surface area contributed by atoms with Gasteiger partial charge in [-0.3, -0.25) is 9.69 Å². The number of ether oxygens (including phenoxy) is 2. The van der Waals surface area contributed by atoms with Crippen molar-refractivity contribution in [3.05, 3.63) is 42.0 Å². The molecule has 0 amide bonds. The molecular formula is C28H41NO3Si. The average Bonchev–Trinajstić information content (AvgIpc) is 2.79. The lowest BCUT2D eigenvalue weighted by Crippen LogP contribution is -2.36. The molecule has 2 aliphatic rings. The van der Waals surface area contributed by atoms with E-state index in [2.05, 4.69) is 60.9 Å². The van der Waals surface area contributed by atoms with E-state index in [1.54, 1.807) is 0 Å². The molecule has 1 heterocycles. The Bertz CT molecular complexity index is 938. The molecule has 1 saturated carbocycles. The number of esters is 1. The molecule has 33 heavy (non-hydrogen) atoms. The minimum atomic E-state index is -1.03. The molecule has 1 aliphatic heterocycles. The fraction of sp³-hybridized carbons (Fsp3) is 0.607. The summed E-state index contributed by atoms with van der Waals surface area (Å²) in [5, 5.41) is 2.51. The van der Waals surface area contributed by atoms with Gasteiger partial charge in [0, 0.05) is 14.6 Å². The van der Waals surface area contributed by atoms with Crippen LogP contribution < -0.4 is 4.74 Å². The predicted molar refractivity (Wildman–Crippen MR) is 139 cm³/mol. The summed E-state index contributed by atoms with van der Waals surface area (Å²) >= 11 is 0.